The lowest BCUT2D eigenvalue weighted by Crippen LogP contribution is -2.46. The van der Waals surface area contributed by atoms with Crippen molar-refractivity contribution < 1.29 is 14.4 Å². The van der Waals surface area contributed by atoms with Gasteiger partial charge in [0.25, 0.3) is 0 Å². The molecule has 3 aromatic rings. The zero-order chi connectivity index (χ0) is 27.6. The normalized spacial score (nSPS) is 17.1. The molecule has 9 heteroatoms. The van der Waals surface area contributed by atoms with Crippen LogP contribution in [0.1, 0.15) is 41.7 Å². The number of pyridine rings is 1. The van der Waals surface area contributed by atoms with Crippen LogP contribution in [-0.4, -0.2) is 47.4 Å². The zero-order valence-electron chi connectivity index (χ0n) is 22.5. The van der Waals surface area contributed by atoms with Gasteiger partial charge < -0.3 is 26.2 Å². The quantitative estimate of drug-likeness (QED) is 0.359. The van der Waals surface area contributed by atoms with Gasteiger partial charge in [0.2, 0.25) is 11.8 Å². The number of carbonyl (C=O) groups is 3. The number of carbonyl (C=O) groups excluding carboxylic acids is 3. The molecule has 0 radical (unpaired) electrons. The van der Waals surface area contributed by atoms with Gasteiger partial charge in [-0.15, -0.1) is 0 Å². The Hall–Kier alpha value is -4.24. The Morgan fingerprint density at radius 1 is 1.05 bits per heavy atom. The van der Waals surface area contributed by atoms with Crippen molar-refractivity contribution >= 4 is 29.4 Å². The molecular formula is C30H34N6O3. The summed E-state index contributed by atoms with van der Waals surface area (Å²) in [4.78, 5) is 45.0. The standard InChI is InChI=1S/C30H34N6O3/c1-19(2)33-29(39)36(17-22-8-5-4-7-21(22)16-31-3)18-26(37)34-24-11-10-20-14-30(15-23(20)13-24)25-9-6-12-32-27(25)35-28(30)38/h4-13,19,31H,14-18H2,1-3H3,(H,33,39)(H,34,37)(H,32,35,38). The first-order valence-electron chi connectivity index (χ1n) is 13.2. The van der Waals surface area contributed by atoms with E-state index in [2.05, 4.69) is 26.3 Å². The summed E-state index contributed by atoms with van der Waals surface area (Å²) in [7, 11) is 1.88. The van der Waals surface area contributed by atoms with Crippen molar-refractivity contribution in [2.24, 2.45) is 0 Å². The molecule has 1 atom stereocenters. The zero-order valence-corrected chi connectivity index (χ0v) is 22.5. The van der Waals surface area contributed by atoms with Crippen molar-refractivity contribution in [3.63, 3.8) is 0 Å². The van der Waals surface area contributed by atoms with Gasteiger partial charge in [-0.05, 0) is 74.2 Å². The third-order valence-electron chi connectivity index (χ3n) is 7.34. The summed E-state index contributed by atoms with van der Waals surface area (Å²) >= 11 is 0. The van der Waals surface area contributed by atoms with Crippen LogP contribution in [0.4, 0.5) is 16.3 Å². The van der Waals surface area contributed by atoms with Gasteiger partial charge in [-0.1, -0.05) is 36.4 Å². The number of urea groups is 1. The molecule has 0 bridgehead atoms. The second-order valence-electron chi connectivity index (χ2n) is 10.6. The Labute approximate surface area is 228 Å². The number of anilines is 2. The number of nitrogens with one attached hydrogen (secondary N) is 4. The number of benzene rings is 2. The van der Waals surface area contributed by atoms with E-state index in [-0.39, 0.29) is 30.4 Å². The molecule has 2 aliphatic rings. The van der Waals surface area contributed by atoms with E-state index < -0.39 is 5.41 Å². The molecule has 1 aliphatic carbocycles. The van der Waals surface area contributed by atoms with Gasteiger partial charge in [-0.2, -0.15) is 0 Å². The fraction of sp³-hybridized carbons (Fsp3) is 0.333. The molecule has 4 N–H and O–H groups in total. The van der Waals surface area contributed by atoms with Crippen molar-refractivity contribution in [2.45, 2.75) is 51.2 Å². The highest BCUT2D eigenvalue weighted by atomic mass is 16.2. The minimum absolute atomic E-state index is 0.0386. The predicted octanol–water partition coefficient (Wildman–Crippen LogP) is 3.35. The van der Waals surface area contributed by atoms with Crippen LogP contribution in [0.3, 0.4) is 0 Å². The summed E-state index contributed by atoms with van der Waals surface area (Å²) < 4.78 is 0. The van der Waals surface area contributed by atoms with Gasteiger partial charge in [0.1, 0.15) is 12.4 Å². The average Bonchev–Trinajstić information content (AvgIpc) is 3.41. The van der Waals surface area contributed by atoms with E-state index in [9.17, 15) is 14.4 Å². The first-order chi connectivity index (χ1) is 18.8. The molecule has 5 rings (SSSR count). The molecule has 1 unspecified atom stereocenters. The number of amides is 4. The van der Waals surface area contributed by atoms with E-state index in [4.69, 9.17) is 0 Å². The molecule has 202 valence electrons. The molecule has 1 spiro atoms. The van der Waals surface area contributed by atoms with Crippen molar-refractivity contribution in [1.29, 1.82) is 0 Å². The van der Waals surface area contributed by atoms with E-state index in [1.54, 1.807) is 6.20 Å². The number of hydrogen-bond donors (Lipinski definition) is 4. The summed E-state index contributed by atoms with van der Waals surface area (Å²) in [5.41, 5.74) is 5.05. The van der Waals surface area contributed by atoms with Crippen LogP contribution in [-0.2, 0) is 40.9 Å². The Balaban J connectivity index is 1.31. The highest BCUT2D eigenvalue weighted by Gasteiger charge is 2.51. The van der Waals surface area contributed by atoms with Gasteiger partial charge in [-0.25, -0.2) is 9.78 Å². The van der Waals surface area contributed by atoms with Crippen molar-refractivity contribution in [3.8, 4) is 0 Å². The highest BCUT2D eigenvalue weighted by molar-refractivity contribution is 6.06. The van der Waals surface area contributed by atoms with Crippen LogP contribution < -0.4 is 21.3 Å². The third-order valence-corrected chi connectivity index (χ3v) is 7.34. The monoisotopic (exact) mass is 526 g/mol. The maximum atomic E-state index is 13.2. The number of rotatable bonds is 8. The van der Waals surface area contributed by atoms with Gasteiger partial charge in [0.15, 0.2) is 0 Å². The first kappa shape index (κ1) is 26.4. The van der Waals surface area contributed by atoms with Gasteiger partial charge in [0.05, 0.1) is 5.41 Å². The smallest absolute Gasteiger partial charge is 0.318 e. The van der Waals surface area contributed by atoms with E-state index in [0.717, 1.165) is 27.8 Å². The van der Waals surface area contributed by atoms with Crippen molar-refractivity contribution in [1.82, 2.24) is 20.5 Å². The van der Waals surface area contributed by atoms with E-state index in [1.807, 2.05) is 75.5 Å². The summed E-state index contributed by atoms with van der Waals surface area (Å²) in [6.45, 7) is 4.65. The Morgan fingerprint density at radius 2 is 1.82 bits per heavy atom. The van der Waals surface area contributed by atoms with Crippen molar-refractivity contribution in [2.75, 3.05) is 24.2 Å². The molecule has 0 fully saturated rings. The fourth-order valence-corrected chi connectivity index (χ4v) is 5.54. The summed E-state index contributed by atoms with van der Waals surface area (Å²) in [6.07, 6.45) is 2.82. The van der Waals surface area contributed by atoms with Crippen LogP contribution >= 0.6 is 0 Å². The number of fused-ring (bicyclic) bond motifs is 3. The molecule has 9 nitrogen and oxygen atoms in total. The molecular weight excluding hydrogens is 492 g/mol. The maximum absolute atomic E-state index is 13.2. The highest BCUT2D eigenvalue weighted by Crippen LogP contribution is 2.46. The fourth-order valence-electron chi connectivity index (χ4n) is 5.54. The van der Waals surface area contributed by atoms with Crippen LogP contribution in [0.2, 0.25) is 0 Å². The lowest BCUT2D eigenvalue weighted by Gasteiger charge is -2.25. The Kier molecular flexibility index (Phi) is 7.34. The number of hydrogen-bond acceptors (Lipinski definition) is 5. The first-order valence-corrected chi connectivity index (χ1v) is 13.2. The minimum Gasteiger partial charge on any atom is -0.336 e. The molecule has 2 heterocycles. The van der Waals surface area contributed by atoms with Crippen LogP contribution in [0.25, 0.3) is 0 Å². The average molecular weight is 527 g/mol. The van der Waals surface area contributed by atoms with Crippen molar-refractivity contribution in [3.05, 3.63) is 88.6 Å². The predicted molar refractivity (Wildman–Crippen MR) is 150 cm³/mol. The van der Waals surface area contributed by atoms with Crippen LogP contribution in [0, 0.1) is 0 Å². The van der Waals surface area contributed by atoms with Gasteiger partial charge in [-0.3, -0.25) is 9.59 Å². The number of nitrogens with zero attached hydrogens (tertiary/aromatic N) is 2. The topological polar surface area (TPSA) is 115 Å². The largest absolute Gasteiger partial charge is 0.336 e. The van der Waals surface area contributed by atoms with E-state index >= 15 is 0 Å². The second-order valence-corrected chi connectivity index (χ2v) is 10.6. The lowest BCUT2D eigenvalue weighted by atomic mass is 9.79. The lowest BCUT2D eigenvalue weighted by molar-refractivity contribution is -0.120. The van der Waals surface area contributed by atoms with Crippen LogP contribution in [0.5, 0.6) is 0 Å². The van der Waals surface area contributed by atoms with E-state index in [0.29, 0.717) is 37.4 Å². The summed E-state index contributed by atoms with van der Waals surface area (Å²) in [5, 5.41) is 11.9. The molecule has 2 aromatic carbocycles. The summed E-state index contributed by atoms with van der Waals surface area (Å²) in [5.74, 6) is 0.295. The molecule has 4 amide bonds. The Bertz CT molecular complexity index is 1420. The third kappa shape index (κ3) is 5.35. The second kappa shape index (κ2) is 10.9. The van der Waals surface area contributed by atoms with Gasteiger partial charge >= 0.3 is 6.03 Å². The molecule has 0 saturated heterocycles. The molecule has 39 heavy (non-hydrogen) atoms. The molecule has 1 aliphatic heterocycles. The molecule has 1 aromatic heterocycles. The molecule has 0 saturated carbocycles. The SMILES string of the molecule is CNCc1ccccc1CN(CC(=O)Nc1ccc2c(c1)CC1(C2)C(=O)Nc2ncccc21)C(=O)NC(C)C. The minimum atomic E-state index is -0.666. The summed E-state index contributed by atoms with van der Waals surface area (Å²) in [6, 6.07) is 17.1. The van der Waals surface area contributed by atoms with E-state index in [1.165, 1.54) is 4.90 Å². The number of aromatic nitrogens is 1. The Morgan fingerprint density at radius 3 is 2.59 bits per heavy atom. The van der Waals surface area contributed by atoms with Gasteiger partial charge in [0, 0.05) is 36.6 Å². The maximum Gasteiger partial charge on any atom is 0.318 e. The van der Waals surface area contributed by atoms with Crippen LogP contribution in [0.15, 0.2) is 60.8 Å².